The van der Waals surface area contributed by atoms with Crippen molar-refractivity contribution in [1.82, 2.24) is 9.97 Å². The molecule has 26 heavy (non-hydrogen) atoms. The number of fused-ring (bicyclic) bond motifs is 1. The topological polar surface area (TPSA) is 54.9 Å². The molecule has 1 N–H and O–H groups in total. The van der Waals surface area contributed by atoms with Crippen LogP contribution in [-0.4, -0.2) is 15.8 Å². The van der Waals surface area contributed by atoms with Crippen molar-refractivity contribution >= 4 is 29.0 Å². The number of nitrogens with one attached hydrogen (secondary N) is 1. The third kappa shape index (κ3) is 3.46. The summed E-state index contributed by atoms with van der Waals surface area (Å²) in [5, 5.41) is 3.92. The molecule has 1 aliphatic rings. The molecule has 1 unspecified atom stereocenters. The van der Waals surface area contributed by atoms with Gasteiger partial charge in [-0.1, -0.05) is 35.9 Å². The maximum absolute atomic E-state index is 12.5. The molecule has 0 radical (unpaired) electrons. The lowest BCUT2D eigenvalue weighted by Gasteiger charge is -2.23. The SMILES string of the molecule is Cc1cccc(Nc2ncc3c(n2)CC(c2ccc(Cl)cc2)CC3=O)c1. The summed E-state index contributed by atoms with van der Waals surface area (Å²) in [5.74, 6) is 0.723. The fourth-order valence-electron chi connectivity index (χ4n) is 3.33. The number of anilines is 2. The predicted molar refractivity (Wildman–Crippen MR) is 103 cm³/mol. The van der Waals surface area contributed by atoms with E-state index in [1.54, 1.807) is 6.20 Å². The number of aryl methyl sites for hydroxylation is 1. The molecule has 1 heterocycles. The van der Waals surface area contributed by atoms with E-state index >= 15 is 0 Å². The van der Waals surface area contributed by atoms with Crippen molar-refractivity contribution in [2.24, 2.45) is 0 Å². The van der Waals surface area contributed by atoms with Crippen LogP contribution >= 0.6 is 11.6 Å². The Kier molecular flexibility index (Phi) is 4.43. The molecular weight excluding hydrogens is 346 g/mol. The van der Waals surface area contributed by atoms with Crippen LogP contribution < -0.4 is 5.32 Å². The Labute approximate surface area is 157 Å². The van der Waals surface area contributed by atoms with Crippen LogP contribution in [0.15, 0.2) is 54.7 Å². The van der Waals surface area contributed by atoms with Crippen LogP contribution in [0.25, 0.3) is 0 Å². The van der Waals surface area contributed by atoms with Crippen LogP contribution in [0, 0.1) is 6.92 Å². The second-order valence-electron chi connectivity index (χ2n) is 6.63. The van der Waals surface area contributed by atoms with E-state index in [0.717, 1.165) is 22.5 Å². The second kappa shape index (κ2) is 6.89. The lowest BCUT2D eigenvalue weighted by Crippen LogP contribution is -2.21. The smallest absolute Gasteiger partial charge is 0.227 e. The van der Waals surface area contributed by atoms with E-state index in [4.69, 9.17) is 11.6 Å². The number of hydrogen-bond acceptors (Lipinski definition) is 4. The zero-order chi connectivity index (χ0) is 18.1. The minimum Gasteiger partial charge on any atom is -0.324 e. The average molecular weight is 364 g/mol. The fraction of sp³-hybridized carbons (Fsp3) is 0.190. The molecule has 0 saturated carbocycles. The molecule has 1 aromatic heterocycles. The molecule has 0 aliphatic heterocycles. The Bertz CT molecular complexity index is 969. The van der Waals surface area contributed by atoms with Crippen LogP contribution in [0.2, 0.25) is 5.02 Å². The fourth-order valence-corrected chi connectivity index (χ4v) is 3.45. The van der Waals surface area contributed by atoms with E-state index in [0.29, 0.717) is 29.4 Å². The summed E-state index contributed by atoms with van der Waals surface area (Å²) >= 11 is 5.97. The number of aromatic nitrogens is 2. The van der Waals surface area contributed by atoms with Crippen LogP contribution in [-0.2, 0) is 6.42 Å². The molecule has 4 rings (SSSR count). The van der Waals surface area contributed by atoms with Gasteiger partial charge in [0.2, 0.25) is 5.95 Å². The molecule has 2 aromatic carbocycles. The minimum absolute atomic E-state index is 0.0910. The molecule has 5 heteroatoms. The number of rotatable bonds is 3. The van der Waals surface area contributed by atoms with Crippen molar-refractivity contribution in [1.29, 1.82) is 0 Å². The summed E-state index contributed by atoms with van der Waals surface area (Å²) < 4.78 is 0. The first-order valence-electron chi connectivity index (χ1n) is 8.57. The molecule has 130 valence electrons. The Morgan fingerprint density at radius 1 is 1.12 bits per heavy atom. The number of hydrogen-bond donors (Lipinski definition) is 1. The number of halogens is 1. The van der Waals surface area contributed by atoms with Crippen molar-refractivity contribution in [3.63, 3.8) is 0 Å². The molecule has 0 spiro atoms. The van der Waals surface area contributed by atoms with Crippen LogP contribution in [0.3, 0.4) is 0 Å². The highest BCUT2D eigenvalue weighted by molar-refractivity contribution is 6.30. The number of ketones is 1. The van der Waals surface area contributed by atoms with Crippen LogP contribution in [0.5, 0.6) is 0 Å². The number of carbonyl (C=O) groups excluding carboxylic acids is 1. The van der Waals surface area contributed by atoms with E-state index in [2.05, 4.69) is 15.3 Å². The number of benzene rings is 2. The van der Waals surface area contributed by atoms with E-state index in [1.165, 1.54) is 0 Å². The number of carbonyl (C=O) groups is 1. The molecule has 0 saturated heterocycles. The zero-order valence-corrected chi connectivity index (χ0v) is 15.1. The van der Waals surface area contributed by atoms with Gasteiger partial charge >= 0.3 is 0 Å². The number of Topliss-reactive ketones (excluding diaryl/α,β-unsaturated/α-hetero) is 1. The summed E-state index contributed by atoms with van der Waals surface area (Å²) in [4.78, 5) is 21.5. The summed E-state index contributed by atoms with van der Waals surface area (Å²) in [6.07, 6.45) is 2.83. The summed E-state index contributed by atoms with van der Waals surface area (Å²) in [6.45, 7) is 2.04. The second-order valence-corrected chi connectivity index (χ2v) is 7.06. The average Bonchev–Trinajstić information content (AvgIpc) is 2.62. The van der Waals surface area contributed by atoms with Crippen LogP contribution in [0.4, 0.5) is 11.6 Å². The minimum atomic E-state index is 0.0910. The highest BCUT2D eigenvalue weighted by Gasteiger charge is 2.28. The van der Waals surface area contributed by atoms with Gasteiger partial charge in [0.05, 0.1) is 11.3 Å². The summed E-state index contributed by atoms with van der Waals surface area (Å²) in [5.41, 5.74) is 4.63. The molecule has 1 atom stereocenters. The zero-order valence-electron chi connectivity index (χ0n) is 14.4. The highest BCUT2D eigenvalue weighted by atomic mass is 35.5. The van der Waals surface area contributed by atoms with E-state index < -0.39 is 0 Å². The van der Waals surface area contributed by atoms with Gasteiger partial charge in [-0.25, -0.2) is 9.97 Å². The van der Waals surface area contributed by atoms with Gasteiger partial charge in [-0.15, -0.1) is 0 Å². The molecule has 3 aromatic rings. The van der Waals surface area contributed by atoms with Gasteiger partial charge in [0.1, 0.15) is 0 Å². The first-order valence-corrected chi connectivity index (χ1v) is 8.94. The Balaban J connectivity index is 1.61. The van der Waals surface area contributed by atoms with Gasteiger partial charge in [0, 0.05) is 23.3 Å². The maximum Gasteiger partial charge on any atom is 0.227 e. The predicted octanol–water partition coefficient (Wildman–Crippen LogP) is 5.09. The summed E-state index contributed by atoms with van der Waals surface area (Å²) in [7, 11) is 0. The quantitative estimate of drug-likeness (QED) is 0.703. The van der Waals surface area contributed by atoms with Gasteiger partial charge in [-0.05, 0) is 54.7 Å². The van der Waals surface area contributed by atoms with E-state index in [1.807, 2.05) is 55.5 Å². The Morgan fingerprint density at radius 2 is 1.92 bits per heavy atom. The van der Waals surface area contributed by atoms with Crippen molar-refractivity contribution in [3.05, 3.63) is 82.1 Å². The molecule has 1 aliphatic carbocycles. The van der Waals surface area contributed by atoms with Crippen molar-refractivity contribution in [2.45, 2.75) is 25.7 Å². The van der Waals surface area contributed by atoms with Gasteiger partial charge in [-0.2, -0.15) is 0 Å². The van der Waals surface area contributed by atoms with Crippen molar-refractivity contribution in [3.8, 4) is 0 Å². The molecule has 0 fully saturated rings. The summed E-state index contributed by atoms with van der Waals surface area (Å²) in [6, 6.07) is 15.7. The monoisotopic (exact) mass is 363 g/mol. The van der Waals surface area contributed by atoms with Crippen molar-refractivity contribution in [2.75, 3.05) is 5.32 Å². The molecular formula is C21H18ClN3O. The van der Waals surface area contributed by atoms with E-state index in [9.17, 15) is 4.79 Å². The largest absolute Gasteiger partial charge is 0.324 e. The Hall–Kier alpha value is -2.72. The van der Waals surface area contributed by atoms with Gasteiger partial charge < -0.3 is 5.32 Å². The first kappa shape index (κ1) is 16.7. The third-order valence-corrected chi connectivity index (χ3v) is 4.91. The van der Waals surface area contributed by atoms with Crippen LogP contribution in [0.1, 0.15) is 39.5 Å². The maximum atomic E-state index is 12.5. The molecule has 4 nitrogen and oxygen atoms in total. The third-order valence-electron chi connectivity index (χ3n) is 4.66. The lowest BCUT2D eigenvalue weighted by atomic mass is 9.82. The Morgan fingerprint density at radius 3 is 2.69 bits per heavy atom. The molecule has 0 amide bonds. The van der Waals surface area contributed by atoms with Gasteiger partial charge in [0.15, 0.2) is 5.78 Å². The van der Waals surface area contributed by atoms with Gasteiger partial charge in [-0.3, -0.25) is 4.79 Å². The normalized spacial score (nSPS) is 16.2. The van der Waals surface area contributed by atoms with Crippen molar-refractivity contribution < 1.29 is 4.79 Å². The van der Waals surface area contributed by atoms with Gasteiger partial charge in [0.25, 0.3) is 0 Å². The van der Waals surface area contributed by atoms with E-state index in [-0.39, 0.29) is 11.7 Å². The lowest BCUT2D eigenvalue weighted by molar-refractivity contribution is 0.0962. The molecule has 0 bridgehead atoms. The first-order chi connectivity index (χ1) is 12.6. The number of nitrogens with zero attached hydrogens (tertiary/aromatic N) is 2. The standard InChI is InChI=1S/C21H18ClN3O/c1-13-3-2-4-17(9-13)24-21-23-12-18-19(25-21)10-15(11-20(18)26)14-5-7-16(22)8-6-14/h2-9,12,15H,10-11H2,1H3,(H,23,24,25). The highest BCUT2D eigenvalue weighted by Crippen LogP contribution is 2.32.